The van der Waals surface area contributed by atoms with Gasteiger partial charge in [-0.2, -0.15) is 17.9 Å². The van der Waals surface area contributed by atoms with Crippen LogP contribution < -0.4 is 9.25 Å². The van der Waals surface area contributed by atoms with E-state index in [4.69, 9.17) is 27.7 Å². The molecule has 0 saturated heterocycles. The molecule has 2 N–H and O–H groups in total. The Kier molecular flexibility index (Phi) is 8.17. The van der Waals surface area contributed by atoms with Crippen molar-refractivity contribution in [2.45, 2.75) is 10.4 Å². The summed E-state index contributed by atoms with van der Waals surface area (Å²) in [6.07, 6.45) is -6.27. The molecule has 1 aromatic heterocycles. The summed E-state index contributed by atoms with van der Waals surface area (Å²) >= 11 is 12.9. The van der Waals surface area contributed by atoms with Crippen LogP contribution >= 0.6 is 42.1 Å². The summed E-state index contributed by atoms with van der Waals surface area (Å²) in [4.78, 5) is 22.8. The number of rotatable bonds is 8. The maximum atomic E-state index is 13.7. The molecule has 206 valence electrons. The molecule has 0 aliphatic rings. The summed E-state index contributed by atoms with van der Waals surface area (Å²) in [5, 5.41) is 0.803. The van der Waals surface area contributed by atoms with Crippen molar-refractivity contribution in [2.24, 2.45) is 0 Å². The Morgan fingerprint density at radius 3 is 2.28 bits per heavy atom. The first-order chi connectivity index (χ1) is 18.1. The van der Waals surface area contributed by atoms with E-state index >= 15 is 0 Å². The Hall–Kier alpha value is -2.51. The second-order valence-corrected chi connectivity index (χ2v) is 13.5. The summed E-state index contributed by atoms with van der Waals surface area (Å²) in [5.41, 5.74) is -2.51. The van der Waals surface area contributed by atoms with E-state index in [0.717, 1.165) is 47.7 Å². The molecule has 1 unspecified atom stereocenters. The van der Waals surface area contributed by atoms with Crippen LogP contribution in [0.25, 0.3) is 10.1 Å². The smallest absolute Gasteiger partial charge is 0.417 e. The van der Waals surface area contributed by atoms with Crippen LogP contribution in [0.3, 0.4) is 0 Å². The predicted octanol–water partition coefficient (Wildman–Crippen LogP) is 7.10. The first kappa shape index (κ1) is 29.5. The highest BCUT2D eigenvalue weighted by atomic mass is 35.5. The fraction of sp³-hybridized carbons (Fsp3) is 0.0870. The fourth-order valence-electron chi connectivity index (χ4n) is 3.37. The topological polar surface area (TPSA) is 110 Å². The Labute approximate surface area is 232 Å². The average molecular weight is 642 g/mol. The number of thiophene rings is 1. The second-order valence-electron chi connectivity index (χ2n) is 7.91. The molecule has 0 aliphatic carbocycles. The minimum Gasteiger partial charge on any atom is -0.424 e. The van der Waals surface area contributed by atoms with Crippen molar-refractivity contribution in [3.05, 3.63) is 93.2 Å². The molecule has 16 heteroatoms. The van der Waals surface area contributed by atoms with Gasteiger partial charge in [0.05, 0.1) is 15.3 Å². The number of fused-ring (bicyclic) bond motifs is 1. The number of nitrogens with one attached hydrogen (secondary N) is 1. The molecular formula is C23H14Cl2F4NO6PS2. The second kappa shape index (κ2) is 10.8. The first-order valence-electron chi connectivity index (χ1n) is 10.5. The maximum Gasteiger partial charge on any atom is 0.417 e. The molecule has 0 spiro atoms. The van der Waals surface area contributed by atoms with E-state index in [1.54, 1.807) is 0 Å². The van der Waals surface area contributed by atoms with Crippen LogP contribution in [-0.2, 0) is 20.8 Å². The van der Waals surface area contributed by atoms with Crippen molar-refractivity contribution >= 4 is 68.0 Å². The number of sulfonamides is 1. The monoisotopic (exact) mass is 641 g/mol. The summed E-state index contributed by atoms with van der Waals surface area (Å²) in [5.74, 6) is -2.51. The number of hydrogen-bond acceptors (Lipinski definition) is 6. The summed E-state index contributed by atoms with van der Waals surface area (Å²) in [6.45, 7) is 0. The van der Waals surface area contributed by atoms with Crippen molar-refractivity contribution in [1.82, 2.24) is 4.72 Å². The molecule has 1 heterocycles. The van der Waals surface area contributed by atoms with Gasteiger partial charge in [-0.25, -0.2) is 17.4 Å². The molecular weight excluding hydrogens is 628 g/mol. The molecule has 4 rings (SSSR count). The molecule has 0 bridgehead atoms. The van der Waals surface area contributed by atoms with Crippen molar-refractivity contribution in [2.75, 3.05) is 6.29 Å². The SMILES string of the molecule is O=C(c1ccc(F)cc1)c1ccc(OP(=O)(O)CNS(=O)(=O)c2cc3c(Cl)ccc(Cl)c3s2)cc1C(F)(F)F. The first-order valence-corrected chi connectivity index (χ1v) is 15.3. The van der Waals surface area contributed by atoms with Crippen LogP contribution in [0.5, 0.6) is 5.75 Å². The number of alkyl halides is 3. The molecule has 0 amide bonds. The standard InChI is InChI=1S/C23H14Cl2F4NO6PS2/c24-18-7-8-19(25)22-16(18)10-20(38-22)39(34,35)30-11-37(32,33)36-14-5-6-15(17(9-14)23(27,28)29)21(31)12-1-3-13(26)4-2-12/h1-10,30H,11H2,(H,32,33). The molecule has 39 heavy (non-hydrogen) atoms. The molecule has 3 aromatic carbocycles. The van der Waals surface area contributed by atoms with Gasteiger partial charge >= 0.3 is 13.8 Å². The van der Waals surface area contributed by atoms with Gasteiger partial charge in [0.25, 0.3) is 10.0 Å². The van der Waals surface area contributed by atoms with Gasteiger partial charge in [-0.15, -0.1) is 11.3 Å². The predicted molar refractivity (Wildman–Crippen MR) is 139 cm³/mol. The number of halogens is 6. The molecule has 1 atom stereocenters. The lowest BCUT2D eigenvalue weighted by molar-refractivity contribution is -0.138. The zero-order chi connectivity index (χ0) is 28.8. The van der Waals surface area contributed by atoms with Crippen LogP contribution in [-0.4, -0.2) is 25.4 Å². The highest BCUT2D eigenvalue weighted by Gasteiger charge is 2.37. The number of ketones is 1. The van der Waals surface area contributed by atoms with Crippen LogP contribution in [0.2, 0.25) is 10.0 Å². The normalized spacial score (nSPS) is 13.8. The number of benzene rings is 3. The van der Waals surface area contributed by atoms with Gasteiger partial charge in [-0.1, -0.05) is 23.2 Å². The van der Waals surface area contributed by atoms with Gasteiger partial charge in [0.1, 0.15) is 22.1 Å². The molecule has 0 aliphatic heterocycles. The highest BCUT2D eigenvalue weighted by Crippen LogP contribution is 2.45. The van der Waals surface area contributed by atoms with E-state index in [2.05, 4.69) is 0 Å². The number of carbonyl (C=O) groups excluding carboxylic acids is 1. The largest absolute Gasteiger partial charge is 0.424 e. The van der Waals surface area contributed by atoms with E-state index in [-0.39, 0.29) is 19.8 Å². The van der Waals surface area contributed by atoms with E-state index in [1.165, 1.54) is 18.2 Å². The zero-order valence-corrected chi connectivity index (χ0v) is 23.0. The van der Waals surface area contributed by atoms with Gasteiger partial charge in [0, 0.05) is 21.5 Å². The Morgan fingerprint density at radius 2 is 1.67 bits per heavy atom. The summed E-state index contributed by atoms with van der Waals surface area (Å²) in [6, 6.07) is 9.90. The Balaban J connectivity index is 1.55. The third-order valence-corrected chi connectivity index (χ3v) is 10.2. The summed E-state index contributed by atoms with van der Waals surface area (Å²) in [7, 11) is -9.27. The van der Waals surface area contributed by atoms with E-state index in [9.17, 15) is 40.2 Å². The quantitative estimate of drug-likeness (QED) is 0.121. The minimum atomic E-state index is -5.07. The Bertz CT molecular complexity index is 1710. The number of hydrogen-bond donors (Lipinski definition) is 2. The Morgan fingerprint density at radius 1 is 1.03 bits per heavy atom. The van der Waals surface area contributed by atoms with Gasteiger partial charge < -0.3 is 9.42 Å². The van der Waals surface area contributed by atoms with Crippen molar-refractivity contribution < 1.29 is 44.8 Å². The van der Waals surface area contributed by atoms with Crippen molar-refractivity contribution in [1.29, 1.82) is 0 Å². The lowest BCUT2D eigenvalue weighted by atomic mass is 9.97. The molecule has 0 saturated carbocycles. The third-order valence-electron chi connectivity index (χ3n) is 5.17. The lowest BCUT2D eigenvalue weighted by Crippen LogP contribution is -2.25. The zero-order valence-electron chi connectivity index (χ0n) is 19.0. The van der Waals surface area contributed by atoms with Gasteiger partial charge in [-0.3, -0.25) is 4.79 Å². The van der Waals surface area contributed by atoms with Crippen molar-refractivity contribution in [3.8, 4) is 5.75 Å². The molecule has 0 fully saturated rings. The van der Waals surface area contributed by atoms with Gasteiger partial charge in [0.15, 0.2) is 5.78 Å². The minimum absolute atomic E-state index is 0.221. The highest BCUT2D eigenvalue weighted by molar-refractivity contribution is 7.92. The van der Waals surface area contributed by atoms with Crippen LogP contribution in [0.1, 0.15) is 21.5 Å². The lowest BCUT2D eigenvalue weighted by Gasteiger charge is -2.17. The molecule has 7 nitrogen and oxygen atoms in total. The third kappa shape index (κ3) is 6.63. The molecule has 0 radical (unpaired) electrons. The average Bonchev–Trinajstić information content (AvgIpc) is 3.33. The van der Waals surface area contributed by atoms with Crippen molar-refractivity contribution in [3.63, 3.8) is 0 Å². The fourth-order valence-corrected chi connectivity index (χ4v) is 7.86. The maximum absolute atomic E-state index is 13.7. The molecule has 4 aromatic rings. The van der Waals surface area contributed by atoms with Gasteiger partial charge in [0.2, 0.25) is 0 Å². The van der Waals surface area contributed by atoms with E-state index in [1.807, 2.05) is 4.72 Å². The van der Waals surface area contributed by atoms with Crippen LogP contribution in [0.4, 0.5) is 17.6 Å². The van der Waals surface area contributed by atoms with Crippen LogP contribution in [0, 0.1) is 5.82 Å². The van der Waals surface area contributed by atoms with Crippen LogP contribution in [0.15, 0.2) is 64.9 Å². The summed E-state index contributed by atoms with van der Waals surface area (Å²) < 4.78 is 99.1. The van der Waals surface area contributed by atoms with E-state index in [0.29, 0.717) is 16.2 Å². The number of carbonyl (C=O) groups is 1. The van der Waals surface area contributed by atoms with E-state index < -0.39 is 58.6 Å². The van der Waals surface area contributed by atoms with Gasteiger partial charge in [-0.05, 0) is 60.7 Å².